The highest BCUT2D eigenvalue weighted by Gasteiger charge is 2.05. The van der Waals surface area contributed by atoms with E-state index in [4.69, 9.17) is 0 Å². The van der Waals surface area contributed by atoms with Crippen LogP contribution in [-0.4, -0.2) is 14.7 Å². The van der Waals surface area contributed by atoms with Gasteiger partial charge in [0.15, 0.2) is 0 Å². The Balaban J connectivity index is 1.61. The number of benzene rings is 1. The van der Waals surface area contributed by atoms with Crippen molar-refractivity contribution in [2.75, 3.05) is 0 Å². The lowest BCUT2D eigenvalue weighted by molar-refractivity contribution is 0.409. The van der Waals surface area contributed by atoms with E-state index in [0.29, 0.717) is 6.54 Å². The summed E-state index contributed by atoms with van der Waals surface area (Å²) in [6, 6.07) is 10.1. The molecule has 0 unspecified atom stereocenters. The molecule has 0 aliphatic rings. The molecule has 0 radical (unpaired) electrons. The minimum atomic E-state index is -0.266. The number of aromatic hydroxyl groups is 1. The highest BCUT2D eigenvalue weighted by Crippen LogP contribution is 2.18. The zero-order valence-electron chi connectivity index (χ0n) is 12.3. The molecule has 0 spiro atoms. The van der Waals surface area contributed by atoms with Crippen LogP contribution in [0.1, 0.15) is 12.0 Å². The summed E-state index contributed by atoms with van der Waals surface area (Å²) in [6.07, 6.45) is 3.29. The van der Waals surface area contributed by atoms with E-state index in [2.05, 4.69) is 4.98 Å². The van der Waals surface area contributed by atoms with Gasteiger partial charge in [-0.1, -0.05) is 17.4 Å². The predicted octanol–water partition coefficient (Wildman–Crippen LogP) is 3.45. The zero-order valence-corrected chi connectivity index (χ0v) is 13.1. The van der Waals surface area contributed by atoms with Crippen molar-refractivity contribution in [2.24, 2.45) is 0 Å². The number of thiazole rings is 1. The topological polar surface area (TPSA) is 55.1 Å². The molecule has 2 heterocycles. The number of aryl methyl sites for hydroxylation is 1. The van der Waals surface area contributed by atoms with Gasteiger partial charge >= 0.3 is 4.87 Å². The molecule has 4 nitrogen and oxygen atoms in total. The van der Waals surface area contributed by atoms with Crippen molar-refractivity contribution in [2.45, 2.75) is 19.4 Å². The van der Waals surface area contributed by atoms with Crippen molar-refractivity contribution in [1.29, 1.82) is 0 Å². The normalized spacial score (nSPS) is 10.8. The van der Waals surface area contributed by atoms with Crippen molar-refractivity contribution in [3.8, 4) is 17.1 Å². The molecule has 0 bridgehead atoms. The number of nitrogens with zero attached hydrogens (tertiary/aromatic N) is 2. The lowest BCUT2D eigenvalue weighted by atomic mass is 10.1. The lowest BCUT2D eigenvalue weighted by Gasteiger charge is -2.05. The first-order chi connectivity index (χ1) is 11.1. The minimum absolute atomic E-state index is 0.0183. The molecule has 0 aliphatic carbocycles. The van der Waals surface area contributed by atoms with Crippen molar-refractivity contribution < 1.29 is 9.50 Å². The van der Waals surface area contributed by atoms with E-state index < -0.39 is 0 Å². The lowest BCUT2D eigenvalue weighted by Crippen LogP contribution is -2.12. The summed E-state index contributed by atoms with van der Waals surface area (Å²) >= 11 is 0.996. The summed E-state index contributed by atoms with van der Waals surface area (Å²) in [4.78, 5) is 15.7. The highest BCUT2D eigenvalue weighted by molar-refractivity contribution is 7.07. The molecule has 0 saturated carbocycles. The van der Waals surface area contributed by atoms with Crippen molar-refractivity contribution >= 4 is 11.3 Å². The number of aromatic nitrogens is 2. The van der Waals surface area contributed by atoms with Gasteiger partial charge in [-0.15, -0.1) is 0 Å². The maximum absolute atomic E-state index is 12.9. The van der Waals surface area contributed by atoms with Gasteiger partial charge in [-0.3, -0.25) is 14.3 Å². The Bertz CT molecular complexity index is 838. The second-order valence-electron chi connectivity index (χ2n) is 5.17. The third-order valence-electron chi connectivity index (χ3n) is 3.57. The first-order valence-electron chi connectivity index (χ1n) is 7.21. The van der Waals surface area contributed by atoms with E-state index >= 15 is 0 Å². The first kappa shape index (κ1) is 15.4. The summed E-state index contributed by atoms with van der Waals surface area (Å²) in [5, 5.41) is 11.0. The SMILES string of the molecule is O=c1scc(O)n1CCCc1ccc(-c2ccc(F)cc2)nc1. The molecule has 1 N–H and O–H groups in total. The fourth-order valence-corrected chi connectivity index (χ4v) is 2.98. The molecule has 0 amide bonds. The van der Waals surface area contributed by atoms with Crippen LogP contribution in [0.4, 0.5) is 4.39 Å². The summed E-state index contributed by atoms with van der Waals surface area (Å²) in [6.45, 7) is 0.480. The minimum Gasteiger partial charge on any atom is -0.494 e. The van der Waals surface area contributed by atoms with E-state index in [1.165, 1.54) is 22.1 Å². The fraction of sp³-hybridized carbons (Fsp3) is 0.176. The van der Waals surface area contributed by atoms with E-state index in [1.807, 2.05) is 12.1 Å². The van der Waals surface area contributed by atoms with Crippen LogP contribution in [0.3, 0.4) is 0 Å². The average molecular weight is 330 g/mol. The Morgan fingerprint density at radius 2 is 1.96 bits per heavy atom. The second kappa shape index (κ2) is 6.75. The molecule has 0 atom stereocenters. The summed E-state index contributed by atoms with van der Waals surface area (Å²) in [5.41, 5.74) is 2.71. The van der Waals surface area contributed by atoms with Crippen LogP contribution in [0.5, 0.6) is 5.88 Å². The fourth-order valence-electron chi connectivity index (χ4n) is 2.33. The van der Waals surface area contributed by atoms with Crippen molar-refractivity contribution in [1.82, 2.24) is 9.55 Å². The monoisotopic (exact) mass is 330 g/mol. The third kappa shape index (κ3) is 3.65. The molecule has 3 aromatic rings. The smallest absolute Gasteiger partial charge is 0.309 e. The van der Waals surface area contributed by atoms with Crippen molar-refractivity contribution in [3.63, 3.8) is 0 Å². The van der Waals surface area contributed by atoms with Gasteiger partial charge < -0.3 is 5.11 Å². The molecule has 0 aliphatic heterocycles. The van der Waals surface area contributed by atoms with Gasteiger partial charge in [0.25, 0.3) is 0 Å². The Kier molecular flexibility index (Phi) is 4.52. The molecular formula is C17H15FN2O2S. The van der Waals surface area contributed by atoms with Crippen LogP contribution in [-0.2, 0) is 13.0 Å². The number of hydrogen-bond donors (Lipinski definition) is 1. The van der Waals surface area contributed by atoms with Crippen LogP contribution < -0.4 is 4.87 Å². The summed E-state index contributed by atoms with van der Waals surface area (Å²) in [7, 11) is 0. The van der Waals surface area contributed by atoms with Gasteiger partial charge in [0.05, 0.1) is 11.1 Å². The van der Waals surface area contributed by atoms with E-state index in [-0.39, 0.29) is 16.6 Å². The van der Waals surface area contributed by atoms with Gasteiger partial charge in [-0.05, 0) is 48.7 Å². The Morgan fingerprint density at radius 1 is 1.17 bits per heavy atom. The molecule has 23 heavy (non-hydrogen) atoms. The largest absolute Gasteiger partial charge is 0.494 e. The molecule has 2 aromatic heterocycles. The molecule has 1 aromatic carbocycles. The maximum atomic E-state index is 12.9. The predicted molar refractivity (Wildman–Crippen MR) is 88.2 cm³/mol. The van der Waals surface area contributed by atoms with Gasteiger partial charge in [0, 0.05) is 18.3 Å². The van der Waals surface area contributed by atoms with Gasteiger partial charge in [-0.2, -0.15) is 0 Å². The van der Waals surface area contributed by atoms with Gasteiger partial charge in [-0.25, -0.2) is 4.39 Å². The number of halogens is 1. The first-order valence-corrected chi connectivity index (χ1v) is 8.09. The van der Waals surface area contributed by atoms with Crippen LogP contribution in [0, 0.1) is 5.82 Å². The highest BCUT2D eigenvalue weighted by atomic mass is 32.1. The molecule has 6 heteroatoms. The summed E-state index contributed by atoms with van der Waals surface area (Å²) in [5.74, 6) is -0.248. The quantitative estimate of drug-likeness (QED) is 0.779. The second-order valence-corrected chi connectivity index (χ2v) is 5.99. The summed E-state index contributed by atoms with van der Waals surface area (Å²) < 4.78 is 14.3. The molecular weight excluding hydrogens is 315 g/mol. The average Bonchev–Trinajstić information content (AvgIpc) is 2.88. The van der Waals surface area contributed by atoms with E-state index in [9.17, 15) is 14.3 Å². The van der Waals surface area contributed by atoms with Gasteiger partial charge in [0.1, 0.15) is 5.82 Å². The molecule has 0 fully saturated rings. The standard InChI is InChI=1S/C17H15FN2O2S/c18-14-6-4-13(5-7-14)15-8-3-12(10-19-15)2-1-9-20-16(21)11-23-17(20)22/h3-8,10-11,21H,1-2,9H2. The van der Waals surface area contributed by atoms with Crippen LogP contribution in [0.25, 0.3) is 11.3 Å². The zero-order chi connectivity index (χ0) is 16.2. The maximum Gasteiger partial charge on any atom is 0.309 e. The van der Waals surface area contributed by atoms with Crippen LogP contribution in [0.15, 0.2) is 52.8 Å². The number of pyridine rings is 1. The molecule has 3 rings (SSSR count). The van der Waals surface area contributed by atoms with Crippen LogP contribution in [0.2, 0.25) is 0 Å². The van der Waals surface area contributed by atoms with E-state index in [0.717, 1.165) is 41.0 Å². The Labute approximate surface area is 136 Å². The van der Waals surface area contributed by atoms with Gasteiger partial charge in [0.2, 0.25) is 5.88 Å². The number of hydrogen-bond acceptors (Lipinski definition) is 4. The van der Waals surface area contributed by atoms with Crippen LogP contribution >= 0.6 is 11.3 Å². The van der Waals surface area contributed by atoms with E-state index in [1.54, 1.807) is 18.3 Å². The van der Waals surface area contributed by atoms with Crippen molar-refractivity contribution in [3.05, 3.63) is 69.0 Å². The molecule has 118 valence electrons. The third-order valence-corrected chi connectivity index (χ3v) is 4.32. The number of rotatable bonds is 5. The Morgan fingerprint density at radius 3 is 2.57 bits per heavy atom. The Hall–Kier alpha value is -2.47. The molecule has 0 saturated heterocycles.